The second kappa shape index (κ2) is 5.01. The van der Waals surface area contributed by atoms with Gasteiger partial charge in [0.15, 0.2) is 0 Å². The van der Waals surface area contributed by atoms with E-state index in [1.807, 2.05) is 13.0 Å². The first-order valence-electron chi connectivity index (χ1n) is 5.75. The highest BCUT2D eigenvalue weighted by Gasteiger charge is 2.12. The van der Waals surface area contributed by atoms with Crippen LogP contribution in [0.3, 0.4) is 0 Å². The van der Waals surface area contributed by atoms with E-state index in [0.717, 1.165) is 16.8 Å². The average molecular weight is 262 g/mol. The van der Waals surface area contributed by atoms with E-state index in [4.69, 9.17) is 4.42 Å². The highest BCUT2D eigenvalue weighted by molar-refractivity contribution is 5.59. The van der Waals surface area contributed by atoms with Crippen molar-refractivity contribution < 1.29 is 14.4 Å². The number of hydrogen-bond donors (Lipinski definition) is 2. The summed E-state index contributed by atoms with van der Waals surface area (Å²) in [7, 11) is 0. The lowest BCUT2D eigenvalue weighted by Gasteiger charge is -2.11. The summed E-state index contributed by atoms with van der Waals surface area (Å²) in [4.78, 5) is 9.91. The molecule has 0 radical (unpaired) electrons. The van der Waals surface area contributed by atoms with Crippen molar-refractivity contribution in [2.24, 2.45) is 0 Å². The van der Waals surface area contributed by atoms with Crippen LogP contribution in [0.2, 0.25) is 0 Å². The minimum Gasteiger partial charge on any atom is -0.507 e. The molecule has 1 aromatic carbocycles. The molecule has 0 atom stereocenters. The Bertz CT molecular complexity index is 619. The molecular weight excluding hydrogens is 248 g/mol. The van der Waals surface area contributed by atoms with Gasteiger partial charge in [-0.05, 0) is 31.5 Å². The molecule has 2 rings (SSSR count). The number of aromatic hydroxyl groups is 1. The Balaban J connectivity index is 2.10. The van der Waals surface area contributed by atoms with E-state index < -0.39 is 4.92 Å². The molecule has 0 bridgehead atoms. The van der Waals surface area contributed by atoms with Gasteiger partial charge in [0.2, 0.25) is 0 Å². The fourth-order valence-corrected chi connectivity index (χ4v) is 1.77. The molecule has 0 aliphatic rings. The van der Waals surface area contributed by atoms with Gasteiger partial charge in [-0.2, -0.15) is 0 Å². The Labute approximate surface area is 109 Å². The standard InChI is InChI=1S/C13H14N2O4/c1-8-3-5-11(9(2)13(8)16)14-7-10-4-6-12(19-10)15(17)18/h3-6,14,16H,7H2,1-2H3. The maximum atomic E-state index is 10.5. The van der Waals surface area contributed by atoms with Crippen LogP contribution in [0.4, 0.5) is 11.6 Å². The van der Waals surface area contributed by atoms with Crippen LogP contribution in [0.15, 0.2) is 28.7 Å². The van der Waals surface area contributed by atoms with E-state index in [9.17, 15) is 15.2 Å². The third-order valence-corrected chi connectivity index (χ3v) is 2.91. The van der Waals surface area contributed by atoms with E-state index in [2.05, 4.69) is 5.32 Å². The number of hydrogen-bond acceptors (Lipinski definition) is 5. The molecule has 100 valence electrons. The average Bonchev–Trinajstić information content (AvgIpc) is 2.84. The second-order valence-electron chi connectivity index (χ2n) is 4.25. The molecule has 19 heavy (non-hydrogen) atoms. The summed E-state index contributed by atoms with van der Waals surface area (Å²) < 4.78 is 5.04. The van der Waals surface area contributed by atoms with Crippen LogP contribution in [0.25, 0.3) is 0 Å². The summed E-state index contributed by atoms with van der Waals surface area (Å²) in [6.45, 7) is 3.94. The van der Waals surface area contributed by atoms with Gasteiger partial charge in [-0.25, -0.2) is 0 Å². The monoisotopic (exact) mass is 262 g/mol. The van der Waals surface area contributed by atoms with Crippen molar-refractivity contribution in [1.29, 1.82) is 0 Å². The van der Waals surface area contributed by atoms with Crippen molar-refractivity contribution >= 4 is 11.6 Å². The molecule has 0 amide bonds. The van der Waals surface area contributed by atoms with Crippen LogP contribution in [-0.2, 0) is 6.54 Å². The Morgan fingerprint density at radius 3 is 2.68 bits per heavy atom. The van der Waals surface area contributed by atoms with Crippen molar-refractivity contribution in [3.63, 3.8) is 0 Å². The van der Waals surface area contributed by atoms with Crippen molar-refractivity contribution in [2.45, 2.75) is 20.4 Å². The molecule has 2 aromatic rings. The molecule has 0 fully saturated rings. The first kappa shape index (κ1) is 12.9. The molecule has 1 aromatic heterocycles. The van der Waals surface area contributed by atoms with Gasteiger partial charge in [0.05, 0.1) is 12.6 Å². The first-order chi connectivity index (χ1) is 8.99. The van der Waals surface area contributed by atoms with Crippen LogP contribution in [0, 0.1) is 24.0 Å². The third kappa shape index (κ3) is 2.67. The molecule has 0 aliphatic heterocycles. The Morgan fingerprint density at radius 1 is 1.32 bits per heavy atom. The van der Waals surface area contributed by atoms with Crippen LogP contribution >= 0.6 is 0 Å². The normalized spacial score (nSPS) is 10.4. The molecule has 6 nitrogen and oxygen atoms in total. The Kier molecular flexibility index (Phi) is 3.41. The topological polar surface area (TPSA) is 88.5 Å². The maximum Gasteiger partial charge on any atom is 0.433 e. The van der Waals surface area contributed by atoms with Gasteiger partial charge in [0.25, 0.3) is 0 Å². The number of rotatable bonds is 4. The smallest absolute Gasteiger partial charge is 0.433 e. The molecule has 1 heterocycles. The highest BCUT2D eigenvalue weighted by atomic mass is 16.6. The summed E-state index contributed by atoms with van der Waals surface area (Å²) in [5, 5.41) is 23.4. The zero-order valence-corrected chi connectivity index (χ0v) is 10.6. The van der Waals surface area contributed by atoms with Crippen molar-refractivity contribution in [2.75, 3.05) is 5.32 Å². The largest absolute Gasteiger partial charge is 0.507 e. The van der Waals surface area contributed by atoms with Crippen molar-refractivity contribution in [3.8, 4) is 5.75 Å². The van der Waals surface area contributed by atoms with Crippen molar-refractivity contribution in [3.05, 3.63) is 51.3 Å². The van der Waals surface area contributed by atoms with Gasteiger partial charge in [0, 0.05) is 11.3 Å². The van der Waals surface area contributed by atoms with E-state index in [1.165, 1.54) is 6.07 Å². The minimum absolute atomic E-state index is 0.246. The number of furan rings is 1. The van der Waals surface area contributed by atoms with Crippen molar-refractivity contribution in [1.82, 2.24) is 0 Å². The fraction of sp³-hybridized carbons (Fsp3) is 0.231. The number of phenolic OH excluding ortho intramolecular Hbond substituents is 1. The number of nitro groups is 1. The molecule has 6 heteroatoms. The van der Waals surface area contributed by atoms with Gasteiger partial charge in [-0.1, -0.05) is 6.07 Å². The highest BCUT2D eigenvalue weighted by Crippen LogP contribution is 2.28. The first-order valence-corrected chi connectivity index (χ1v) is 5.75. The Morgan fingerprint density at radius 2 is 2.05 bits per heavy atom. The van der Waals surface area contributed by atoms with Crippen LogP contribution in [0.5, 0.6) is 5.75 Å². The SMILES string of the molecule is Cc1ccc(NCc2ccc([N+](=O)[O-])o2)c(C)c1O. The van der Waals surface area contributed by atoms with E-state index >= 15 is 0 Å². The van der Waals surface area contributed by atoms with Crippen LogP contribution in [-0.4, -0.2) is 10.0 Å². The third-order valence-electron chi connectivity index (χ3n) is 2.91. The number of anilines is 1. The lowest BCUT2D eigenvalue weighted by molar-refractivity contribution is -0.402. The number of aryl methyl sites for hydroxylation is 1. The number of benzene rings is 1. The summed E-state index contributed by atoms with van der Waals surface area (Å²) in [6.07, 6.45) is 0. The molecule has 0 saturated heterocycles. The predicted octanol–water partition coefficient (Wildman–Crippen LogP) is 3.12. The molecule has 0 aliphatic carbocycles. The minimum atomic E-state index is -0.577. The lowest BCUT2D eigenvalue weighted by atomic mass is 10.1. The summed E-state index contributed by atoms with van der Waals surface area (Å²) in [6, 6.07) is 6.52. The van der Waals surface area contributed by atoms with E-state index in [0.29, 0.717) is 12.3 Å². The number of phenols is 1. The van der Waals surface area contributed by atoms with Gasteiger partial charge in [-0.15, -0.1) is 0 Å². The molecule has 0 unspecified atom stereocenters. The fourth-order valence-electron chi connectivity index (χ4n) is 1.77. The van der Waals surface area contributed by atoms with Gasteiger partial charge >= 0.3 is 5.88 Å². The van der Waals surface area contributed by atoms with E-state index in [-0.39, 0.29) is 11.6 Å². The zero-order chi connectivity index (χ0) is 14.0. The Hall–Kier alpha value is -2.50. The van der Waals surface area contributed by atoms with Crippen LogP contribution < -0.4 is 5.32 Å². The molecular formula is C13H14N2O4. The van der Waals surface area contributed by atoms with Gasteiger partial charge in [0.1, 0.15) is 16.4 Å². The van der Waals surface area contributed by atoms with E-state index in [1.54, 1.807) is 19.1 Å². The van der Waals surface area contributed by atoms with Gasteiger partial charge in [-0.3, -0.25) is 10.1 Å². The predicted molar refractivity (Wildman–Crippen MR) is 70.3 cm³/mol. The summed E-state index contributed by atoms with van der Waals surface area (Å²) in [5.74, 6) is 0.432. The molecule has 0 saturated carbocycles. The summed E-state index contributed by atoms with van der Waals surface area (Å²) in [5.41, 5.74) is 2.31. The van der Waals surface area contributed by atoms with Crippen LogP contribution in [0.1, 0.15) is 16.9 Å². The molecule has 0 spiro atoms. The molecule has 2 N–H and O–H groups in total. The summed E-state index contributed by atoms with van der Waals surface area (Å²) >= 11 is 0. The maximum absolute atomic E-state index is 10.5. The van der Waals surface area contributed by atoms with Gasteiger partial charge < -0.3 is 14.8 Å². The lowest BCUT2D eigenvalue weighted by Crippen LogP contribution is -2.00. The quantitative estimate of drug-likeness (QED) is 0.652. The zero-order valence-electron chi connectivity index (χ0n) is 10.6. The second-order valence-corrected chi connectivity index (χ2v) is 4.25. The number of nitrogens with one attached hydrogen (secondary N) is 1. The number of nitrogens with zero attached hydrogens (tertiary/aromatic N) is 1.